The number of Topliss-reactive ketones (excluding diaryl/α,β-unsaturated/α-hetero) is 1. The maximum atomic E-state index is 12.7. The van der Waals surface area contributed by atoms with Gasteiger partial charge < -0.3 is 11.5 Å². The van der Waals surface area contributed by atoms with Crippen LogP contribution in [0.15, 0.2) is 18.2 Å². The standard InChI is InChI=1S/C9H11FN2O/c1-5(13)9(12)7-4-6(10)2-3-8(7)11/h2-4,9H,11-12H2,1H3. The predicted octanol–water partition coefficient (Wildman–Crippen LogP) is 0.997. The van der Waals surface area contributed by atoms with Crippen molar-refractivity contribution in [3.8, 4) is 0 Å². The number of anilines is 1. The number of halogens is 1. The number of ketones is 1. The van der Waals surface area contributed by atoms with Crippen molar-refractivity contribution in [2.75, 3.05) is 5.73 Å². The third kappa shape index (κ3) is 2.03. The number of hydrogen-bond donors (Lipinski definition) is 2. The Morgan fingerprint density at radius 2 is 2.15 bits per heavy atom. The summed E-state index contributed by atoms with van der Waals surface area (Å²) in [6.45, 7) is 1.34. The molecule has 4 N–H and O–H groups in total. The molecule has 0 amide bonds. The van der Waals surface area contributed by atoms with Crippen LogP contribution in [0, 0.1) is 5.82 Å². The zero-order valence-electron chi connectivity index (χ0n) is 7.25. The lowest BCUT2D eigenvalue weighted by molar-refractivity contribution is -0.118. The summed E-state index contributed by atoms with van der Waals surface area (Å²) in [4.78, 5) is 10.9. The van der Waals surface area contributed by atoms with E-state index in [4.69, 9.17) is 11.5 Å². The van der Waals surface area contributed by atoms with E-state index in [9.17, 15) is 9.18 Å². The Bertz CT molecular complexity index is 338. The normalized spacial score (nSPS) is 12.5. The molecule has 1 aromatic carbocycles. The second kappa shape index (κ2) is 3.53. The van der Waals surface area contributed by atoms with Crippen LogP contribution < -0.4 is 11.5 Å². The van der Waals surface area contributed by atoms with E-state index in [-0.39, 0.29) is 5.78 Å². The Kier molecular flexibility index (Phi) is 2.63. The third-order valence-electron chi connectivity index (χ3n) is 1.82. The van der Waals surface area contributed by atoms with Crippen molar-refractivity contribution in [1.82, 2.24) is 0 Å². The molecule has 3 nitrogen and oxygen atoms in total. The summed E-state index contributed by atoms with van der Waals surface area (Å²) in [5.41, 5.74) is 11.7. The number of rotatable bonds is 2. The highest BCUT2D eigenvalue weighted by Crippen LogP contribution is 2.20. The van der Waals surface area contributed by atoms with Crippen molar-refractivity contribution in [2.24, 2.45) is 5.73 Å². The lowest BCUT2D eigenvalue weighted by Crippen LogP contribution is -2.20. The first kappa shape index (κ1) is 9.67. The molecule has 70 valence electrons. The van der Waals surface area contributed by atoms with Gasteiger partial charge in [0.25, 0.3) is 0 Å². The van der Waals surface area contributed by atoms with Crippen molar-refractivity contribution in [3.63, 3.8) is 0 Å². The van der Waals surface area contributed by atoms with Crippen LogP contribution >= 0.6 is 0 Å². The fourth-order valence-electron chi connectivity index (χ4n) is 1.03. The van der Waals surface area contributed by atoms with Crippen LogP contribution in [0.3, 0.4) is 0 Å². The first-order valence-corrected chi connectivity index (χ1v) is 3.83. The largest absolute Gasteiger partial charge is 0.398 e. The van der Waals surface area contributed by atoms with E-state index >= 15 is 0 Å². The highest BCUT2D eigenvalue weighted by molar-refractivity contribution is 5.84. The summed E-state index contributed by atoms with van der Waals surface area (Å²) in [5.74, 6) is -0.682. The molecule has 1 atom stereocenters. The number of benzene rings is 1. The van der Waals surface area contributed by atoms with Gasteiger partial charge in [-0.25, -0.2) is 4.39 Å². The topological polar surface area (TPSA) is 69.1 Å². The average Bonchev–Trinajstić information content (AvgIpc) is 2.08. The molecule has 0 spiro atoms. The molecule has 0 radical (unpaired) electrons. The lowest BCUT2D eigenvalue weighted by Gasteiger charge is -2.10. The predicted molar refractivity (Wildman–Crippen MR) is 48.4 cm³/mol. The third-order valence-corrected chi connectivity index (χ3v) is 1.82. The van der Waals surface area contributed by atoms with E-state index in [1.165, 1.54) is 25.1 Å². The maximum absolute atomic E-state index is 12.7. The fourth-order valence-corrected chi connectivity index (χ4v) is 1.03. The van der Waals surface area contributed by atoms with Gasteiger partial charge in [0, 0.05) is 11.3 Å². The van der Waals surface area contributed by atoms with Crippen LogP contribution in [-0.2, 0) is 4.79 Å². The molecule has 0 aliphatic heterocycles. The Morgan fingerprint density at radius 3 is 2.69 bits per heavy atom. The molecule has 1 aromatic rings. The first-order valence-electron chi connectivity index (χ1n) is 3.83. The van der Waals surface area contributed by atoms with E-state index in [1.807, 2.05) is 0 Å². The second-order valence-corrected chi connectivity index (χ2v) is 2.86. The average molecular weight is 182 g/mol. The molecule has 0 saturated heterocycles. The van der Waals surface area contributed by atoms with Crippen LogP contribution in [0.2, 0.25) is 0 Å². The molecule has 0 heterocycles. The van der Waals surface area contributed by atoms with Crippen LogP contribution in [0.25, 0.3) is 0 Å². The summed E-state index contributed by atoms with van der Waals surface area (Å²) in [5, 5.41) is 0. The Labute approximate surface area is 75.5 Å². The minimum Gasteiger partial charge on any atom is -0.398 e. The summed E-state index contributed by atoms with van der Waals surface area (Å²) < 4.78 is 12.7. The van der Waals surface area contributed by atoms with Crippen LogP contribution in [0.5, 0.6) is 0 Å². The van der Waals surface area contributed by atoms with Crippen molar-refractivity contribution < 1.29 is 9.18 Å². The number of carbonyl (C=O) groups excluding carboxylic acids is 1. The summed E-state index contributed by atoms with van der Waals surface area (Å²) in [6.07, 6.45) is 0. The zero-order valence-corrected chi connectivity index (χ0v) is 7.25. The van der Waals surface area contributed by atoms with Gasteiger partial charge in [0.15, 0.2) is 5.78 Å². The SMILES string of the molecule is CC(=O)C(N)c1cc(F)ccc1N. The van der Waals surface area contributed by atoms with Gasteiger partial charge in [0.1, 0.15) is 5.82 Å². The highest BCUT2D eigenvalue weighted by Gasteiger charge is 2.14. The molecular formula is C9H11FN2O. The molecule has 4 heteroatoms. The van der Waals surface area contributed by atoms with Gasteiger partial charge in [-0.2, -0.15) is 0 Å². The monoisotopic (exact) mass is 182 g/mol. The number of carbonyl (C=O) groups is 1. The van der Waals surface area contributed by atoms with E-state index < -0.39 is 11.9 Å². The molecule has 0 saturated carbocycles. The molecular weight excluding hydrogens is 171 g/mol. The summed E-state index contributed by atoms with van der Waals surface area (Å²) in [6, 6.07) is 2.97. The van der Waals surface area contributed by atoms with Gasteiger partial charge in [-0.05, 0) is 25.1 Å². The molecule has 1 unspecified atom stereocenters. The van der Waals surface area contributed by atoms with Crippen molar-refractivity contribution in [3.05, 3.63) is 29.6 Å². The molecule has 13 heavy (non-hydrogen) atoms. The molecule has 0 bridgehead atoms. The highest BCUT2D eigenvalue weighted by atomic mass is 19.1. The minimum absolute atomic E-state index is 0.239. The molecule has 0 aliphatic rings. The maximum Gasteiger partial charge on any atom is 0.151 e. The Balaban J connectivity index is 3.12. The minimum atomic E-state index is -0.837. The van der Waals surface area contributed by atoms with Crippen LogP contribution in [0.1, 0.15) is 18.5 Å². The molecule has 0 fully saturated rings. The summed E-state index contributed by atoms with van der Waals surface area (Å²) in [7, 11) is 0. The number of nitrogen functional groups attached to an aromatic ring is 1. The quantitative estimate of drug-likeness (QED) is 0.670. The van der Waals surface area contributed by atoms with Gasteiger partial charge >= 0.3 is 0 Å². The van der Waals surface area contributed by atoms with E-state index in [2.05, 4.69) is 0 Å². The van der Waals surface area contributed by atoms with Crippen molar-refractivity contribution in [2.45, 2.75) is 13.0 Å². The van der Waals surface area contributed by atoms with Gasteiger partial charge in [0.2, 0.25) is 0 Å². The Hall–Kier alpha value is -1.42. The fraction of sp³-hybridized carbons (Fsp3) is 0.222. The smallest absolute Gasteiger partial charge is 0.151 e. The van der Waals surface area contributed by atoms with Crippen LogP contribution in [-0.4, -0.2) is 5.78 Å². The zero-order chi connectivity index (χ0) is 10.0. The molecule has 0 aliphatic carbocycles. The summed E-state index contributed by atoms with van der Waals surface area (Å²) >= 11 is 0. The van der Waals surface area contributed by atoms with Crippen molar-refractivity contribution >= 4 is 11.5 Å². The number of nitrogens with two attached hydrogens (primary N) is 2. The lowest BCUT2D eigenvalue weighted by atomic mass is 10.0. The van der Waals surface area contributed by atoms with Crippen molar-refractivity contribution in [1.29, 1.82) is 0 Å². The van der Waals surface area contributed by atoms with E-state index in [0.29, 0.717) is 11.3 Å². The van der Waals surface area contributed by atoms with Gasteiger partial charge in [-0.1, -0.05) is 0 Å². The number of hydrogen-bond acceptors (Lipinski definition) is 3. The first-order chi connectivity index (χ1) is 6.02. The Morgan fingerprint density at radius 1 is 1.54 bits per heavy atom. The van der Waals surface area contributed by atoms with Gasteiger partial charge in [-0.15, -0.1) is 0 Å². The molecule has 1 rings (SSSR count). The van der Waals surface area contributed by atoms with Gasteiger partial charge in [0.05, 0.1) is 6.04 Å². The molecule has 0 aromatic heterocycles. The van der Waals surface area contributed by atoms with Gasteiger partial charge in [-0.3, -0.25) is 4.79 Å². The van der Waals surface area contributed by atoms with Crippen LogP contribution in [0.4, 0.5) is 10.1 Å². The second-order valence-electron chi connectivity index (χ2n) is 2.86. The van der Waals surface area contributed by atoms with E-state index in [1.54, 1.807) is 0 Å². The van der Waals surface area contributed by atoms with E-state index in [0.717, 1.165) is 0 Å².